The lowest BCUT2D eigenvalue weighted by atomic mass is 10.0. The smallest absolute Gasteiger partial charge is 0.254 e. The van der Waals surface area contributed by atoms with Crippen molar-refractivity contribution in [3.63, 3.8) is 0 Å². The molecule has 1 aliphatic rings. The standard InChI is InChI=1S/C18H28N2O3S/c1-6-17-14(4)10-11-20(17)18(21)15-8-7-9-16(12-15)24(22,23)19(5)13(2)3/h7-9,12-14,17H,6,10-11H2,1-5H3/t14-,17-/m0/s1. The number of nitrogens with zero attached hydrogens (tertiary/aromatic N) is 2. The topological polar surface area (TPSA) is 57.7 Å². The van der Waals surface area contributed by atoms with Crippen molar-refractivity contribution in [1.29, 1.82) is 0 Å². The molecule has 0 N–H and O–H groups in total. The van der Waals surface area contributed by atoms with Gasteiger partial charge in [0, 0.05) is 31.2 Å². The second kappa shape index (κ2) is 7.23. The molecule has 134 valence electrons. The Bertz CT molecular complexity index is 700. The molecule has 2 atom stereocenters. The van der Waals surface area contributed by atoms with E-state index >= 15 is 0 Å². The van der Waals surface area contributed by atoms with Gasteiger partial charge in [-0.1, -0.05) is 19.9 Å². The van der Waals surface area contributed by atoms with E-state index in [9.17, 15) is 13.2 Å². The Morgan fingerprint density at radius 1 is 1.38 bits per heavy atom. The van der Waals surface area contributed by atoms with Gasteiger partial charge in [-0.25, -0.2) is 8.42 Å². The van der Waals surface area contributed by atoms with E-state index in [1.54, 1.807) is 25.2 Å². The zero-order valence-electron chi connectivity index (χ0n) is 15.2. The molecule has 0 saturated carbocycles. The van der Waals surface area contributed by atoms with E-state index in [-0.39, 0.29) is 22.9 Å². The van der Waals surface area contributed by atoms with E-state index in [2.05, 4.69) is 13.8 Å². The van der Waals surface area contributed by atoms with Crippen molar-refractivity contribution < 1.29 is 13.2 Å². The van der Waals surface area contributed by atoms with Gasteiger partial charge >= 0.3 is 0 Å². The molecule has 0 aliphatic carbocycles. The lowest BCUT2D eigenvalue weighted by Gasteiger charge is -2.26. The molecule has 1 saturated heterocycles. The highest BCUT2D eigenvalue weighted by atomic mass is 32.2. The Kier molecular flexibility index (Phi) is 5.71. The summed E-state index contributed by atoms with van der Waals surface area (Å²) in [5, 5.41) is 0. The molecule has 6 heteroatoms. The number of sulfonamides is 1. The number of rotatable bonds is 5. The number of benzene rings is 1. The van der Waals surface area contributed by atoms with Crippen LogP contribution < -0.4 is 0 Å². The predicted octanol–water partition coefficient (Wildman–Crippen LogP) is 2.98. The molecular formula is C18H28N2O3S. The number of likely N-dealkylation sites (tertiary alicyclic amines) is 1. The van der Waals surface area contributed by atoms with Crippen LogP contribution in [0.15, 0.2) is 29.2 Å². The maximum Gasteiger partial charge on any atom is 0.254 e. The van der Waals surface area contributed by atoms with E-state index in [0.29, 0.717) is 11.5 Å². The fourth-order valence-corrected chi connectivity index (χ4v) is 4.70. The lowest BCUT2D eigenvalue weighted by Crippen LogP contribution is -2.37. The van der Waals surface area contributed by atoms with E-state index < -0.39 is 10.0 Å². The minimum Gasteiger partial charge on any atom is -0.335 e. The number of hydrogen-bond donors (Lipinski definition) is 0. The van der Waals surface area contributed by atoms with Crippen molar-refractivity contribution in [3.8, 4) is 0 Å². The third-order valence-corrected chi connectivity index (χ3v) is 7.08. The fraction of sp³-hybridized carbons (Fsp3) is 0.611. The first kappa shape index (κ1) is 18.9. The quantitative estimate of drug-likeness (QED) is 0.818. The largest absolute Gasteiger partial charge is 0.335 e. The highest BCUT2D eigenvalue weighted by molar-refractivity contribution is 7.89. The van der Waals surface area contributed by atoms with Crippen LogP contribution in [0.2, 0.25) is 0 Å². The summed E-state index contributed by atoms with van der Waals surface area (Å²) in [7, 11) is -2.03. The van der Waals surface area contributed by atoms with Crippen molar-refractivity contribution >= 4 is 15.9 Å². The summed E-state index contributed by atoms with van der Waals surface area (Å²) < 4.78 is 26.6. The summed E-state index contributed by atoms with van der Waals surface area (Å²) in [5.74, 6) is 0.411. The minimum atomic E-state index is -3.59. The Morgan fingerprint density at radius 3 is 2.62 bits per heavy atom. The maximum absolute atomic E-state index is 12.9. The molecule has 1 amide bonds. The summed E-state index contributed by atoms with van der Waals surface area (Å²) in [6, 6.07) is 6.50. The summed E-state index contributed by atoms with van der Waals surface area (Å²) in [6.07, 6.45) is 1.92. The molecular weight excluding hydrogens is 324 g/mol. The van der Waals surface area contributed by atoms with Gasteiger partial charge in [0.25, 0.3) is 5.91 Å². The van der Waals surface area contributed by atoms with Gasteiger partial charge in [0.2, 0.25) is 10.0 Å². The van der Waals surface area contributed by atoms with Crippen LogP contribution in [0, 0.1) is 5.92 Å². The second-order valence-electron chi connectivity index (χ2n) is 6.88. The highest BCUT2D eigenvalue weighted by Gasteiger charge is 2.34. The van der Waals surface area contributed by atoms with Gasteiger partial charge in [0.15, 0.2) is 0 Å². The van der Waals surface area contributed by atoms with Gasteiger partial charge in [-0.05, 0) is 50.8 Å². The van der Waals surface area contributed by atoms with Crippen LogP contribution >= 0.6 is 0 Å². The number of carbonyl (C=O) groups excluding carboxylic acids is 1. The molecule has 5 nitrogen and oxygen atoms in total. The number of carbonyl (C=O) groups is 1. The molecule has 0 aromatic heterocycles. The van der Waals surface area contributed by atoms with Crippen LogP contribution in [0.4, 0.5) is 0 Å². The average Bonchev–Trinajstić information content (AvgIpc) is 2.94. The monoisotopic (exact) mass is 352 g/mol. The van der Waals surface area contributed by atoms with Gasteiger partial charge in [0.1, 0.15) is 0 Å². The molecule has 1 heterocycles. The Morgan fingerprint density at radius 2 is 2.04 bits per heavy atom. The fourth-order valence-electron chi connectivity index (χ4n) is 3.28. The van der Waals surface area contributed by atoms with Crippen molar-refractivity contribution in [2.75, 3.05) is 13.6 Å². The SMILES string of the molecule is CC[C@H]1[C@@H](C)CCN1C(=O)c1cccc(S(=O)(=O)N(C)C(C)C)c1. The van der Waals surface area contributed by atoms with E-state index in [0.717, 1.165) is 19.4 Å². The normalized spacial score (nSPS) is 21.7. The Hall–Kier alpha value is -1.40. The summed E-state index contributed by atoms with van der Waals surface area (Å²) in [4.78, 5) is 14.9. The molecule has 1 fully saturated rings. The van der Waals surface area contributed by atoms with E-state index in [1.807, 2.05) is 18.7 Å². The van der Waals surface area contributed by atoms with Crippen molar-refractivity contribution in [1.82, 2.24) is 9.21 Å². The molecule has 2 rings (SSSR count). The van der Waals surface area contributed by atoms with Crippen LogP contribution in [0.1, 0.15) is 50.9 Å². The van der Waals surface area contributed by atoms with Crippen molar-refractivity contribution in [2.24, 2.45) is 5.92 Å². The van der Waals surface area contributed by atoms with Gasteiger partial charge in [-0.3, -0.25) is 4.79 Å². The van der Waals surface area contributed by atoms with Crippen LogP contribution in [0.3, 0.4) is 0 Å². The molecule has 1 aromatic rings. The van der Waals surface area contributed by atoms with Gasteiger partial charge in [0.05, 0.1) is 4.90 Å². The predicted molar refractivity (Wildman–Crippen MR) is 95.4 cm³/mol. The zero-order valence-corrected chi connectivity index (χ0v) is 16.0. The summed E-state index contributed by atoms with van der Waals surface area (Å²) >= 11 is 0. The van der Waals surface area contributed by atoms with E-state index in [1.165, 1.54) is 10.4 Å². The van der Waals surface area contributed by atoms with Gasteiger partial charge in [-0.2, -0.15) is 4.31 Å². The van der Waals surface area contributed by atoms with E-state index in [4.69, 9.17) is 0 Å². The van der Waals surface area contributed by atoms with Crippen LogP contribution in [0.25, 0.3) is 0 Å². The lowest BCUT2D eigenvalue weighted by molar-refractivity contribution is 0.0718. The van der Waals surface area contributed by atoms with Crippen LogP contribution in [-0.4, -0.2) is 49.2 Å². The Balaban J connectivity index is 2.33. The first-order valence-corrected chi connectivity index (χ1v) is 10.0. The summed E-state index contributed by atoms with van der Waals surface area (Å²) in [5.41, 5.74) is 0.445. The van der Waals surface area contributed by atoms with Gasteiger partial charge < -0.3 is 4.90 Å². The number of hydrogen-bond acceptors (Lipinski definition) is 3. The van der Waals surface area contributed by atoms with Crippen LogP contribution in [0.5, 0.6) is 0 Å². The molecule has 24 heavy (non-hydrogen) atoms. The van der Waals surface area contributed by atoms with Crippen molar-refractivity contribution in [3.05, 3.63) is 29.8 Å². The molecule has 0 unspecified atom stereocenters. The minimum absolute atomic E-state index is 0.0737. The third-order valence-electron chi connectivity index (χ3n) is 5.05. The first-order valence-electron chi connectivity index (χ1n) is 8.59. The maximum atomic E-state index is 12.9. The molecule has 0 bridgehead atoms. The van der Waals surface area contributed by atoms with Gasteiger partial charge in [-0.15, -0.1) is 0 Å². The van der Waals surface area contributed by atoms with Crippen molar-refractivity contribution in [2.45, 2.75) is 57.5 Å². The number of amides is 1. The summed E-state index contributed by atoms with van der Waals surface area (Å²) in [6.45, 7) is 8.64. The average molecular weight is 353 g/mol. The molecule has 1 aromatic carbocycles. The third kappa shape index (κ3) is 3.49. The first-order chi connectivity index (χ1) is 11.2. The molecule has 1 aliphatic heterocycles. The Labute approximate surface area is 145 Å². The molecule has 0 radical (unpaired) electrons. The zero-order chi connectivity index (χ0) is 18.1. The van der Waals surface area contributed by atoms with Crippen LogP contribution in [-0.2, 0) is 10.0 Å². The molecule has 0 spiro atoms. The second-order valence-corrected chi connectivity index (χ2v) is 8.88. The highest BCUT2D eigenvalue weighted by Crippen LogP contribution is 2.28.